The Morgan fingerprint density at radius 3 is 2.39 bits per heavy atom. The zero-order chi connectivity index (χ0) is 26.1. The van der Waals surface area contributed by atoms with Gasteiger partial charge in [0.15, 0.2) is 6.04 Å². The van der Waals surface area contributed by atoms with Crippen molar-refractivity contribution in [2.45, 2.75) is 31.5 Å². The van der Waals surface area contributed by atoms with Crippen LogP contribution in [0, 0.1) is 16.7 Å². The summed E-state index contributed by atoms with van der Waals surface area (Å²) in [5, 5.41) is 8.03. The maximum Gasteiger partial charge on any atom is 0.292 e. The van der Waals surface area contributed by atoms with Crippen LogP contribution in [0.1, 0.15) is 39.9 Å². The number of nitrogens with two attached hydrogens (primary N) is 1. The number of benzene rings is 2. The maximum atomic E-state index is 12.8. The minimum absolute atomic E-state index is 0.0172. The van der Waals surface area contributed by atoms with Crippen LogP contribution >= 0.6 is 0 Å². The molecule has 0 aromatic heterocycles. The van der Waals surface area contributed by atoms with E-state index in [4.69, 9.17) is 5.84 Å². The summed E-state index contributed by atoms with van der Waals surface area (Å²) in [6.07, 6.45) is 6.21. The van der Waals surface area contributed by atoms with E-state index in [0.29, 0.717) is 11.6 Å². The zero-order valence-corrected chi connectivity index (χ0v) is 20.1. The van der Waals surface area contributed by atoms with Crippen molar-refractivity contribution < 1.29 is 14.4 Å². The molecule has 3 rings (SSSR count). The van der Waals surface area contributed by atoms with E-state index in [0.717, 1.165) is 17.0 Å². The van der Waals surface area contributed by atoms with E-state index in [1.807, 2.05) is 18.2 Å². The van der Waals surface area contributed by atoms with Crippen molar-refractivity contribution in [3.05, 3.63) is 81.8 Å². The van der Waals surface area contributed by atoms with E-state index in [1.54, 1.807) is 18.2 Å². The van der Waals surface area contributed by atoms with Crippen LogP contribution in [0.25, 0.3) is 6.08 Å². The molecule has 1 aliphatic rings. The first-order valence-corrected chi connectivity index (χ1v) is 11.3. The lowest BCUT2D eigenvalue weighted by molar-refractivity contribution is -0.142. The Kier molecular flexibility index (Phi) is 9.05. The molecule has 1 unspecified atom stereocenters. The van der Waals surface area contributed by atoms with Gasteiger partial charge in [-0.05, 0) is 60.4 Å². The fourth-order valence-electron chi connectivity index (χ4n) is 3.33. The van der Waals surface area contributed by atoms with Gasteiger partial charge in [0.2, 0.25) is 0 Å². The van der Waals surface area contributed by atoms with E-state index in [-0.39, 0.29) is 10.7 Å². The number of carbonyl (C=O) groups excluding carboxylic acids is 3. The number of nitrogens with zero attached hydrogens (tertiary/aromatic N) is 3. The summed E-state index contributed by atoms with van der Waals surface area (Å²) in [4.78, 5) is 48.7. The second-order valence-electron chi connectivity index (χ2n) is 8.27. The van der Waals surface area contributed by atoms with Crippen molar-refractivity contribution in [2.75, 3.05) is 14.1 Å². The van der Waals surface area contributed by atoms with Gasteiger partial charge in [-0.2, -0.15) is 0 Å². The molecule has 1 aliphatic carbocycles. The summed E-state index contributed by atoms with van der Waals surface area (Å²) in [6.45, 7) is 0.882. The van der Waals surface area contributed by atoms with Crippen molar-refractivity contribution in [1.82, 2.24) is 20.7 Å². The number of likely N-dealkylation sites (N-methyl/N-ethyl adjacent to an activating group) is 2. The van der Waals surface area contributed by atoms with Gasteiger partial charge in [-0.3, -0.25) is 14.4 Å². The van der Waals surface area contributed by atoms with Gasteiger partial charge in [-0.15, -0.1) is 10.0 Å². The van der Waals surface area contributed by atoms with Crippen LogP contribution in [-0.2, 0) is 16.1 Å². The largest absolute Gasteiger partial charge is 0.357 e. The molecule has 10 heteroatoms. The number of rotatable bonds is 9. The first-order valence-electron chi connectivity index (χ1n) is 11.3. The molecule has 2 aromatic carbocycles. The van der Waals surface area contributed by atoms with Gasteiger partial charge in [-0.1, -0.05) is 36.1 Å². The standard InChI is InChI=1S/C26H28N6O4/c1-28-24(33)23(26(35)32(27)30-36)31(2)25(34)21-13-11-19(12-14-21)6-4-3-5-18-7-9-20(10-8-18)17-29-22-15-16-22/h3,5,7-14,22-23,29H,15-17,27H2,1-2H3,(H,28,33)/b5-3+. The fourth-order valence-corrected chi connectivity index (χ4v) is 3.33. The summed E-state index contributed by atoms with van der Waals surface area (Å²) >= 11 is 0. The number of hydrogen-bond acceptors (Lipinski definition) is 7. The molecule has 186 valence electrons. The number of hydrazine groups is 1. The molecular weight excluding hydrogens is 460 g/mol. The molecule has 0 bridgehead atoms. The monoisotopic (exact) mass is 488 g/mol. The number of hydrogen-bond donors (Lipinski definition) is 3. The Hall–Kier alpha value is -4.33. The normalized spacial score (nSPS) is 13.3. The molecular formula is C26H28N6O4. The Balaban J connectivity index is 1.61. The second kappa shape index (κ2) is 12.4. The van der Waals surface area contributed by atoms with Gasteiger partial charge < -0.3 is 15.5 Å². The second-order valence-corrected chi connectivity index (χ2v) is 8.27. The third-order valence-electron chi connectivity index (χ3n) is 5.61. The highest BCUT2D eigenvalue weighted by Gasteiger charge is 2.36. The lowest BCUT2D eigenvalue weighted by Gasteiger charge is -2.26. The summed E-state index contributed by atoms with van der Waals surface area (Å²) in [7, 11) is 2.55. The molecule has 10 nitrogen and oxygen atoms in total. The molecule has 3 amide bonds. The minimum atomic E-state index is -1.65. The topological polar surface area (TPSA) is 137 Å². The summed E-state index contributed by atoms with van der Waals surface area (Å²) in [6, 6.07) is 13.7. The molecule has 0 saturated heterocycles. The molecule has 36 heavy (non-hydrogen) atoms. The molecule has 2 aromatic rings. The fraction of sp³-hybridized carbons (Fsp3) is 0.269. The van der Waals surface area contributed by atoms with Crippen LogP contribution < -0.4 is 16.5 Å². The molecule has 1 atom stereocenters. The van der Waals surface area contributed by atoms with Crippen molar-refractivity contribution >= 4 is 23.8 Å². The van der Waals surface area contributed by atoms with Gasteiger partial charge in [0, 0.05) is 37.8 Å². The maximum absolute atomic E-state index is 12.8. The number of carbonyl (C=O) groups is 3. The Morgan fingerprint density at radius 2 is 1.81 bits per heavy atom. The number of nitrogens with one attached hydrogen (secondary N) is 2. The average Bonchev–Trinajstić information content (AvgIpc) is 3.74. The number of nitroso groups, excluding NO2 is 1. The predicted molar refractivity (Wildman–Crippen MR) is 135 cm³/mol. The molecule has 0 heterocycles. The predicted octanol–water partition coefficient (Wildman–Crippen LogP) is 1.57. The third kappa shape index (κ3) is 7.09. The molecule has 0 aliphatic heterocycles. The van der Waals surface area contributed by atoms with E-state index in [1.165, 1.54) is 44.6 Å². The quantitative estimate of drug-likeness (QED) is 0.122. The van der Waals surface area contributed by atoms with Crippen molar-refractivity contribution in [3.63, 3.8) is 0 Å². The van der Waals surface area contributed by atoms with Crippen LogP contribution in [0.3, 0.4) is 0 Å². The lowest BCUT2D eigenvalue weighted by atomic mass is 10.1. The average molecular weight is 489 g/mol. The van der Waals surface area contributed by atoms with Crippen LogP contribution in [0.4, 0.5) is 0 Å². The van der Waals surface area contributed by atoms with Crippen LogP contribution in [-0.4, -0.2) is 53.9 Å². The van der Waals surface area contributed by atoms with E-state index in [9.17, 15) is 19.3 Å². The van der Waals surface area contributed by atoms with E-state index in [2.05, 4.69) is 39.9 Å². The van der Waals surface area contributed by atoms with E-state index < -0.39 is 23.8 Å². The summed E-state index contributed by atoms with van der Waals surface area (Å²) in [5.74, 6) is 8.58. The zero-order valence-electron chi connectivity index (χ0n) is 20.1. The molecule has 0 spiro atoms. The Bertz CT molecular complexity index is 1190. The third-order valence-corrected chi connectivity index (χ3v) is 5.61. The molecule has 0 radical (unpaired) electrons. The summed E-state index contributed by atoms with van der Waals surface area (Å²) < 4.78 is 0. The van der Waals surface area contributed by atoms with Gasteiger partial charge >= 0.3 is 0 Å². The molecule has 1 saturated carbocycles. The van der Waals surface area contributed by atoms with Gasteiger partial charge in [0.25, 0.3) is 17.7 Å². The van der Waals surface area contributed by atoms with Gasteiger partial charge in [-0.25, -0.2) is 5.84 Å². The number of amides is 3. The molecule has 1 fully saturated rings. The highest BCUT2D eigenvalue weighted by molar-refractivity contribution is 6.08. The van der Waals surface area contributed by atoms with Gasteiger partial charge in [0.05, 0.1) is 5.29 Å². The Morgan fingerprint density at radius 1 is 1.14 bits per heavy atom. The Labute approximate surface area is 209 Å². The van der Waals surface area contributed by atoms with Crippen LogP contribution in [0.15, 0.2) is 59.9 Å². The molecule has 4 N–H and O–H groups in total. The van der Waals surface area contributed by atoms with Crippen LogP contribution in [0.2, 0.25) is 0 Å². The highest BCUT2D eigenvalue weighted by Crippen LogP contribution is 2.19. The van der Waals surface area contributed by atoms with Crippen molar-refractivity contribution in [3.8, 4) is 11.8 Å². The van der Waals surface area contributed by atoms with Crippen molar-refractivity contribution in [2.24, 2.45) is 11.1 Å². The highest BCUT2D eigenvalue weighted by atomic mass is 16.3. The van der Waals surface area contributed by atoms with Crippen molar-refractivity contribution in [1.29, 1.82) is 0 Å². The van der Waals surface area contributed by atoms with Crippen LogP contribution in [0.5, 0.6) is 0 Å². The number of allylic oxidation sites excluding steroid dienone is 1. The minimum Gasteiger partial charge on any atom is -0.357 e. The lowest BCUT2D eigenvalue weighted by Crippen LogP contribution is -2.56. The van der Waals surface area contributed by atoms with E-state index >= 15 is 0 Å². The SMILES string of the molecule is CNC(=O)C(C(=O)N(N)N=O)N(C)C(=O)c1ccc(C#C/C=C/c2ccc(CNC3CC3)cc2)cc1. The first-order chi connectivity index (χ1) is 17.3. The smallest absolute Gasteiger partial charge is 0.292 e. The van der Waals surface area contributed by atoms with Gasteiger partial charge in [0.1, 0.15) is 0 Å². The first kappa shape index (κ1) is 26.3. The summed E-state index contributed by atoms with van der Waals surface area (Å²) in [5.41, 5.74) is 3.19.